The van der Waals surface area contributed by atoms with Crippen LogP contribution < -0.4 is 19.7 Å². The van der Waals surface area contributed by atoms with Crippen LogP contribution in [-0.2, 0) is 17.6 Å². The molecule has 0 spiro atoms. The lowest BCUT2D eigenvalue weighted by molar-refractivity contribution is 0.0765. The first kappa shape index (κ1) is 24.7. The summed E-state index contributed by atoms with van der Waals surface area (Å²) in [6.07, 6.45) is 8.99. The van der Waals surface area contributed by atoms with E-state index < -0.39 is 0 Å². The van der Waals surface area contributed by atoms with Crippen LogP contribution in [0.1, 0.15) is 36.8 Å². The Hall–Kier alpha value is -3.36. The van der Waals surface area contributed by atoms with Crippen molar-refractivity contribution in [2.45, 2.75) is 44.6 Å². The predicted molar refractivity (Wildman–Crippen MR) is 152 cm³/mol. The van der Waals surface area contributed by atoms with Gasteiger partial charge in [-0.05, 0) is 87.0 Å². The van der Waals surface area contributed by atoms with Gasteiger partial charge in [0.15, 0.2) is 0 Å². The molecule has 1 N–H and O–H groups in total. The minimum Gasteiger partial charge on any atom is -0.491 e. The van der Waals surface area contributed by atoms with E-state index >= 15 is 0 Å². The first-order valence-corrected chi connectivity index (χ1v) is 14.5. The highest BCUT2D eigenvalue weighted by atomic mass is 16.5. The normalized spacial score (nSPS) is 20.2. The number of fused-ring (bicyclic) bond motifs is 4. The minimum atomic E-state index is 0.481. The molecule has 6 bridgehead atoms. The Kier molecular flexibility index (Phi) is 6.97. The summed E-state index contributed by atoms with van der Waals surface area (Å²) in [6, 6.07) is 13.4. The maximum Gasteiger partial charge on any atom is 0.227 e. The van der Waals surface area contributed by atoms with E-state index in [-0.39, 0.29) is 0 Å². The highest BCUT2D eigenvalue weighted by Crippen LogP contribution is 2.37. The van der Waals surface area contributed by atoms with Gasteiger partial charge < -0.3 is 29.3 Å². The average Bonchev–Trinajstić information content (AvgIpc) is 3.52. The SMILES string of the molecule is c1cc(N2CCC(N3CCCC3)CC2)c2cc1Nc1ncc3c(n1)-c1cc(ccc1CC3)OCCOCCO2. The Labute approximate surface area is 230 Å². The Morgan fingerprint density at radius 3 is 2.51 bits per heavy atom. The van der Waals surface area contributed by atoms with Crippen molar-refractivity contribution in [3.8, 4) is 22.8 Å². The van der Waals surface area contributed by atoms with Gasteiger partial charge in [0.2, 0.25) is 5.95 Å². The van der Waals surface area contributed by atoms with E-state index in [2.05, 4.69) is 50.4 Å². The monoisotopic (exact) mass is 527 g/mol. The van der Waals surface area contributed by atoms with Crippen LogP contribution in [0.5, 0.6) is 11.5 Å². The van der Waals surface area contributed by atoms with Crippen LogP contribution in [0, 0.1) is 0 Å². The number of nitrogens with one attached hydrogen (secondary N) is 1. The number of benzene rings is 2. The standard InChI is InChI=1S/C31H37N5O3/c1-2-12-35(11-1)25-9-13-36(14-10-25)28-8-6-24-19-29(28)39-18-16-37-15-17-38-26-7-5-22-3-4-23-21-32-31(33-24)34-30(23)27(22)20-26/h5-8,19-21,25H,1-4,9-18H2,(H,32,33,34). The van der Waals surface area contributed by atoms with Gasteiger partial charge in [0.25, 0.3) is 0 Å². The second-order valence-corrected chi connectivity index (χ2v) is 11.0. The van der Waals surface area contributed by atoms with Crippen molar-refractivity contribution in [1.82, 2.24) is 14.9 Å². The summed E-state index contributed by atoms with van der Waals surface area (Å²) in [6.45, 7) is 6.63. The van der Waals surface area contributed by atoms with Gasteiger partial charge in [-0.1, -0.05) is 6.07 Å². The highest BCUT2D eigenvalue weighted by Gasteiger charge is 2.28. The molecule has 39 heavy (non-hydrogen) atoms. The van der Waals surface area contributed by atoms with Crippen LogP contribution >= 0.6 is 0 Å². The molecule has 204 valence electrons. The van der Waals surface area contributed by atoms with Gasteiger partial charge in [-0.25, -0.2) is 9.97 Å². The predicted octanol–water partition coefficient (Wildman–Crippen LogP) is 4.84. The molecular formula is C31H37N5O3. The van der Waals surface area contributed by atoms with E-state index in [0.29, 0.717) is 38.4 Å². The number of nitrogens with zero attached hydrogens (tertiary/aromatic N) is 4. The molecule has 2 saturated heterocycles. The number of hydrogen-bond acceptors (Lipinski definition) is 8. The summed E-state index contributed by atoms with van der Waals surface area (Å²) in [5.41, 5.74) is 6.63. The molecule has 3 aromatic rings. The van der Waals surface area contributed by atoms with E-state index in [0.717, 1.165) is 60.1 Å². The first-order chi connectivity index (χ1) is 19.3. The smallest absolute Gasteiger partial charge is 0.227 e. The molecule has 1 aromatic heterocycles. The minimum absolute atomic E-state index is 0.481. The molecule has 0 saturated carbocycles. The molecule has 0 atom stereocenters. The van der Waals surface area contributed by atoms with Crippen LogP contribution in [0.4, 0.5) is 17.3 Å². The number of piperidine rings is 1. The van der Waals surface area contributed by atoms with Gasteiger partial charge in [-0.15, -0.1) is 0 Å². The topological polar surface area (TPSA) is 72.0 Å². The molecular weight excluding hydrogens is 490 g/mol. The maximum absolute atomic E-state index is 6.32. The zero-order valence-corrected chi connectivity index (χ0v) is 22.5. The van der Waals surface area contributed by atoms with Crippen LogP contribution in [0.2, 0.25) is 0 Å². The molecule has 0 amide bonds. The highest BCUT2D eigenvalue weighted by molar-refractivity contribution is 5.73. The lowest BCUT2D eigenvalue weighted by Gasteiger charge is -2.38. The number of ether oxygens (including phenoxy) is 3. The first-order valence-electron chi connectivity index (χ1n) is 14.5. The molecule has 3 aliphatic heterocycles. The lowest BCUT2D eigenvalue weighted by atomic mass is 9.90. The summed E-state index contributed by atoms with van der Waals surface area (Å²) in [4.78, 5) is 14.8. The summed E-state index contributed by atoms with van der Waals surface area (Å²) in [7, 11) is 0. The summed E-state index contributed by atoms with van der Waals surface area (Å²) in [5.74, 6) is 2.30. The number of rotatable bonds is 2. The third-order valence-electron chi connectivity index (χ3n) is 8.52. The van der Waals surface area contributed by atoms with Crippen molar-refractivity contribution in [2.75, 3.05) is 62.8 Å². The molecule has 1 aliphatic carbocycles. The second kappa shape index (κ2) is 11.0. The Bertz CT molecular complexity index is 1320. The second-order valence-electron chi connectivity index (χ2n) is 11.0. The van der Waals surface area contributed by atoms with Crippen LogP contribution in [0.25, 0.3) is 11.3 Å². The van der Waals surface area contributed by atoms with Crippen molar-refractivity contribution in [3.05, 3.63) is 53.7 Å². The van der Waals surface area contributed by atoms with Gasteiger partial charge in [0.1, 0.15) is 24.7 Å². The summed E-state index contributed by atoms with van der Waals surface area (Å²) in [5, 5.41) is 3.44. The molecule has 7 rings (SSSR count). The molecule has 8 heteroatoms. The van der Waals surface area contributed by atoms with Gasteiger partial charge in [0.05, 0.1) is 24.6 Å². The van der Waals surface area contributed by atoms with Crippen LogP contribution in [0.3, 0.4) is 0 Å². The Balaban J connectivity index is 1.16. The van der Waals surface area contributed by atoms with E-state index in [1.807, 2.05) is 12.3 Å². The lowest BCUT2D eigenvalue weighted by Crippen LogP contribution is -2.44. The van der Waals surface area contributed by atoms with Crippen molar-refractivity contribution >= 4 is 17.3 Å². The van der Waals surface area contributed by atoms with Crippen LogP contribution in [0.15, 0.2) is 42.6 Å². The Morgan fingerprint density at radius 1 is 0.821 bits per heavy atom. The number of aromatic nitrogens is 2. The van der Waals surface area contributed by atoms with Crippen molar-refractivity contribution < 1.29 is 14.2 Å². The van der Waals surface area contributed by atoms with Crippen molar-refractivity contribution in [3.63, 3.8) is 0 Å². The number of anilines is 3. The zero-order valence-electron chi connectivity index (χ0n) is 22.5. The third kappa shape index (κ3) is 5.28. The summed E-state index contributed by atoms with van der Waals surface area (Å²) < 4.78 is 18.2. The fraction of sp³-hybridized carbons (Fsp3) is 0.484. The van der Waals surface area contributed by atoms with Crippen molar-refractivity contribution in [1.29, 1.82) is 0 Å². The molecule has 8 nitrogen and oxygen atoms in total. The molecule has 2 fully saturated rings. The zero-order chi connectivity index (χ0) is 26.0. The van der Waals surface area contributed by atoms with E-state index in [4.69, 9.17) is 19.2 Å². The van der Waals surface area contributed by atoms with Gasteiger partial charge in [-0.2, -0.15) is 0 Å². The molecule has 0 radical (unpaired) electrons. The fourth-order valence-corrected chi connectivity index (χ4v) is 6.44. The summed E-state index contributed by atoms with van der Waals surface area (Å²) >= 11 is 0. The quantitative estimate of drug-likeness (QED) is 0.508. The van der Waals surface area contributed by atoms with Gasteiger partial charge in [-0.3, -0.25) is 0 Å². The molecule has 4 heterocycles. The van der Waals surface area contributed by atoms with Gasteiger partial charge >= 0.3 is 0 Å². The fourth-order valence-electron chi connectivity index (χ4n) is 6.44. The Morgan fingerprint density at radius 2 is 1.64 bits per heavy atom. The number of hydrogen-bond donors (Lipinski definition) is 1. The molecule has 0 unspecified atom stereocenters. The largest absolute Gasteiger partial charge is 0.491 e. The maximum atomic E-state index is 6.32. The third-order valence-corrected chi connectivity index (χ3v) is 8.52. The van der Waals surface area contributed by atoms with E-state index in [1.165, 1.54) is 49.9 Å². The van der Waals surface area contributed by atoms with Gasteiger partial charge in [0, 0.05) is 42.6 Å². The molecule has 4 aliphatic rings. The number of likely N-dealkylation sites (tertiary alicyclic amines) is 1. The van der Waals surface area contributed by atoms with Crippen molar-refractivity contribution in [2.24, 2.45) is 0 Å². The van der Waals surface area contributed by atoms with Crippen LogP contribution in [-0.4, -0.2) is 73.5 Å². The molecule has 2 aromatic carbocycles. The number of aryl methyl sites for hydroxylation is 2. The average molecular weight is 528 g/mol. The van der Waals surface area contributed by atoms with E-state index in [9.17, 15) is 0 Å². The van der Waals surface area contributed by atoms with E-state index in [1.54, 1.807) is 0 Å².